The summed E-state index contributed by atoms with van der Waals surface area (Å²) >= 11 is 0. The number of ketones is 1. The smallest absolute Gasteiger partial charge is 0.290 e. The predicted molar refractivity (Wildman–Crippen MR) is 103 cm³/mol. The molecule has 2 atom stereocenters. The number of hydrogen-bond donors (Lipinski definition) is 2. The molecule has 1 heterocycles. The Bertz CT molecular complexity index is 740. The molecule has 1 aromatic rings. The molecule has 1 aromatic carbocycles. The van der Waals surface area contributed by atoms with Gasteiger partial charge < -0.3 is 19.8 Å². The van der Waals surface area contributed by atoms with Crippen molar-refractivity contribution in [3.8, 4) is 11.5 Å². The number of phenols is 1. The number of nitrogens with zero attached hydrogens (tertiary/aromatic N) is 1. The lowest BCUT2D eigenvalue weighted by atomic mass is 9.94. The average Bonchev–Trinajstić information content (AvgIpc) is 2.90. The molecule has 1 aliphatic heterocycles. The monoisotopic (exact) mass is 375 g/mol. The predicted octanol–water partition coefficient (Wildman–Crippen LogP) is 3.90. The number of benzene rings is 1. The van der Waals surface area contributed by atoms with E-state index in [1.165, 1.54) is 20.1 Å². The van der Waals surface area contributed by atoms with Crippen LogP contribution in [0.1, 0.15) is 58.1 Å². The molecule has 0 radical (unpaired) electrons. The molecule has 1 amide bonds. The molecule has 0 unspecified atom stereocenters. The molecule has 2 N–H and O–H groups in total. The number of aliphatic hydroxyl groups is 1. The third kappa shape index (κ3) is 4.26. The maximum atomic E-state index is 12.7. The maximum absolute atomic E-state index is 12.7. The van der Waals surface area contributed by atoms with Crippen LogP contribution in [-0.4, -0.2) is 40.5 Å². The van der Waals surface area contributed by atoms with Gasteiger partial charge in [0.1, 0.15) is 0 Å². The summed E-state index contributed by atoms with van der Waals surface area (Å²) in [5.74, 6) is -0.829. The Kier molecular flexibility index (Phi) is 6.88. The molecular formula is C21H29NO5. The van der Waals surface area contributed by atoms with Gasteiger partial charge in [0.2, 0.25) is 0 Å². The second kappa shape index (κ2) is 8.93. The van der Waals surface area contributed by atoms with Crippen molar-refractivity contribution < 1.29 is 24.5 Å². The molecule has 0 spiro atoms. The van der Waals surface area contributed by atoms with Crippen LogP contribution in [0.4, 0.5) is 0 Å². The number of aromatic hydroxyl groups is 1. The number of rotatable bonds is 9. The first-order valence-electron chi connectivity index (χ1n) is 9.47. The zero-order valence-electron chi connectivity index (χ0n) is 16.5. The van der Waals surface area contributed by atoms with Gasteiger partial charge in [0.25, 0.3) is 5.91 Å². The zero-order chi connectivity index (χ0) is 20.1. The van der Waals surface area contributed by atoms with Gasteiger partial charge in [-0.15, -0.1) is 0 Å². The molecule has 148 valence electrons. The highest BCUT2D eigenvalue weighted by Crippen LogP contribution is 2.41. The first kappa shape index (κ1) is 20.8. The van der Waals surface area contributed by atoms with Gasteiger partial charge in [0.05, 0.1) is 18.7 Å². The highest BCUT2D eigenvalue weighted by Gasteiger charge is 2.43. The molecule has 6 nitrogen and oxygen atoms in total. The molecule has 27 heavy (non-hydrogen) atoms. The minimum Gasteiger partial charge on any atom is -0.504 e. The minimum absolute atomic E-state index is 0.0240. The van der Waals surface area contributed by atoms with E-state index >= 15 is 0 Å². The SMILES string of the molecule is CCCC[C@@H](CC)CN1C(=O)C(O)=C(C(C)=O)[C@@H]1c1ccc(O)c(OC)c1. The van der Waals surface area contributed by atoms with Crippen LogP contribution < -0.4 is 4.74 Å². The molecule has 0 aliphatic carbocycles. The summed E-state index contributed by atoms with van der Waals surface area (Å²) in [6.07, 6.45) is 4.03. The van der Waals surface area contributed by atoms with Gasteiger partial charge in [-0.2, -0.15) is 0 Å². The third-order valence-corrected chi connectivity index (χ3v) is 5.20. The van der Waals surface area contributed by atoms with Gasteiger partial charge in [0, 0.05) is 6.54 Å². The van der Waals surface area contributed by atoms with Gasteiger partial charge in [0.15, 0.2) is 23.0 Å². The average molecular weight is 375 g/mol. The van der Waals surface area contributed by atoms with Crippen molar-refractivity contribution in [3.05, 3.63) is 35.1 Å². The van der Waals surface area contributed by atoms with Crippen LogP contribution in [0.5, 0.6) is 11.5 Å². The third-order valence-electron chi connectivity index (χ3n) is 5.20. The Labute approximate surface area is 160 Å². The first-order valence-corrected chi connectivity index (χ1v) is 9.47. The Balaban J connectivity index is 2.45. The summed E-state index contributed by atoms with van der Waals surface area (Å²) < 4.78 is 5.17. The molecule has 1 aliphatic rings. The van der Waals surface area contributed by atoms with Crippen LogP contribution in [0.25, 0.3) is 0 Å². The Morgan fingerprint density at radius 3 is 2.56 bits per heavy atom. The fraction of sp³-hybridized carbons (Fsp3) is 0.524. The lowest BCUT2D eigenvalue weighted by Crippen LogP contribution is -2.35. The second-order valence-corrected chi connectivity index (χ2v) is 7.03. The number of hydrogen-bond acceptors (Lipinski definition) is 5. The van der Waals surface area contributed by atoms with Crippen molar-refractivity contribution in [1.82, 2.24) is 4.90 Å². The highest BCUT2D eigenvalue weighted by atomic mass is 16.5. The standard InChI is InChI=1S/C21H29NO5/c1-5-7-8-14(6-2)12-22-19(18(13(3)23)20(25)21(22)26)15-9-10-16(24)17(11-15)27-4/h9-11,14,19,24-25H,5-8,12H2,1-4H3/t14-,19+/m1/s1. The van der Waals surface area contributed by atoms with Crippen molar-refractivity contribution in [2.45, 2.75) is 52.5 Å². The van der Waals surface area contributed by atoms with Gasteiger partial charge in [-0.3, -0.25) is 9.59 Å². The zero-order valence-corrected chi connectivity index (χ0v) is 16.5. The number of unbranched alkanes of at least 4 members (excludes halogenated alkanes) is 1. The quantitative estimate of drug-likeness (QED) is 0.683. The molecule has 2 rings (SSSR count). The topological polar surface area (TPSA) is 87.1 Å². The number of phenolic OH excluding ortho intramolecular Hbond substituents is 1. The molecule has 6 heteroatoms. The molecule has 0 aromatic heterocycles. The normalized spacial score (nSPS) is 18.1. The molecule has 0 saturated heterocycles. The van der Waals surface area contributed by atoms with Crippen LogP contribution in [-0.2, 0) is 9.59 Å². The summed E-state index contributed by atoms with van der Waals surface area (Å²) in [5.41, 5.74) is 0.718. The lowest BCUT2D eigenvalue weighted by Gasteiger charge is -2.30. The number of carbonyl (C=O) groups excluding carboxylic acids is 2. The van der Waals surface area contributed by atoms with Gasteiger partial charge in [-0.25, -0.2) is 0 Å². The Morgan fingerprint density at radius 2 is 2.00 bits per heavy atom. The van der Waals surface area contributed by atoms with E-state index < -0.39 is 17.7 Å². The first-order chi connectivity index (χ1) is 12.8. The van der Waals surface area contributed by atoms with Gasteiger partial charge in [-0.1, -0.05) is 39.2 Å². The van der Waals surface area contributed by atoms with Crippen LogP contribution in [0, 0.1) is 5.92 Å². The number of methoxy groups -OCH3 is 1. The number of carbonyl (C=O) groups is 2. The number of ether oxygens (including phenoxy) is 1. The number of aliphatic hydroxyl groups excluding tert-OH is 1. The van der Waals surface area contributed by atoms with E-state index in [1.54, 1.807) is 17.0 Å². The largest absolute Gasteiger partial charge is 0.504 e. The maximum Gasteiger partial charge on any atom is 0.290 e. The van der Waals surface area contributed by atoms with Crippen LogP contribution >= 0.6 is 0 Å². The van der Waals surface area contributed by atoms with Crippen molar-refractivity contribution in [3.63, 3.8) is 0 Å². The summed E-state index contributed by atoms with van der Waals surface area (Å²) in [6, 6.07) is 4.05. The highest BCUT2D eigenvalue weighted by molar-refractivity contribution is 6.08. The fourth-order valence-electron chi connectivity index (χ4n) is 3.61. The van der Waals surface area contributed by atoms with E-state index in [4.69, 9.17) is 4.74 Å². The minimum atomic E-state index is -0.680. The summed E-state index contributed by atoms with van der Waals surface area (Å²) in [5, 5.41) is 20.2. The second-order valence-electron chi connectivity index (χ2n) is 7.03. The molecular weight excluding hydrogens is 346 g/mol. The van der Waals surface area contributed by atoms with Crippen molar-refractivity contribution in [2.24, 2.45) is 5.92 Å². The number of Topliss-reactive ketones (excluding diaryl/α,β-unsaturated/α-hetero) is 1. The summed E-state index contributed by atoms with van der Waals surface area (Å²) in [4.78, 5) is 26.5. The van der Waals surface area contributed by atoms with Gasteiger partial charge in [-0.05, 0) is 37.0 Å². The van der Waals surface area contributed by atoms with E-state index in [0.717, 1.165) is 25.7 Å². The molecule has 0 fully saturated rings. The number of amides is 1. The van der Waals surface area contributed by atoms with E-state index in [-0.39, 0.29) is 28.8 Å². The van der Waals surface area contributed by atoms with E-state index in [1.807, 2.05) is 0 Å². The van der Waals surface area contributed by atoms with Crippen LogP contribution in [0.2, 0.25) is 0 Å². The Hall–Kier alpha value is -2.50. The van der Waals surface area contributed by atoms with Crippen molar-refractivity contribution in [2.75, 3.05) is 13.7 Å². The van der Waals surface area contributed by atoms with Crippen LogP contribution in [0.15, 0.2) is 29.5 Å². The van der Waals surface area contributed by atoms with Gasteiger partial charge >= 0.3 is 0 Å². The van der Waals surface area contributed by atoms with E-state index in [9.17, 15) is 19.8 Å². The van der Waals surface area contributed by atoms with Crippen LogP contribution in [0.3, 0.4) is 0 Å². The lowest BCUT2D eigenvalue weighted by molar-refractivity contribution is -0.130. The van der Waals surface area contributed by atoms with E-state index in [0.29, 0.717) is 12.1 Å². The molecule has 0 saturated carbocycles. The van der Waals surface area contributed by atoms with E-state index in [2.05, 4.69) is 13.8 Å². The summed E-state index contributed by atoms with van der Waals surface area (Å²) in [7, 11) is 1.44. The fourth-order valence-corrected chi connectivity index (χ4v) is 3.61. The van der Waals surface area contributed by atoms with Crippen molar-refractivity contribution >= 4 is 11.7 Å². The Morgan fingerprint density at radius 1 is 1.30 bits per heavy atom. The molecule has 0 bridgehead atoms. The van der Waals surface area contributed by atoms with Crippen molar-refractivity contribution in [1.29, 1.82) is 0 Å². The summed E-state index contributed by atoms with van der Waals surface area (Å²) in [6.45, 7) is 6.02.